The molecule has 2 aromatic rings. The molecule has 3 nitrogen and oxygen atoms in total. The Morgan fingerprint density at radius 3 is 2.41 bits per heavy atom. The molecule has 0 aromatic heterocycles. The van der Waals surface area contributed by atoms with Crippen molar-refractivity contribution in [3.63, 3.8) is 0 Å². The van der Waals surface area contributed by atoms with E-state index < -0.39 is 6.10 Å². The third-order valence-corrected chi connectivity index (χ3v) is 3.69. The van der Waals surface area contributed by atoms with Gasteiger partial charge in [0.05, 0.1) is 6.04 Å². The lowest BCUT2D eigenvalue weighted by Crippen LogP contribution is -2.38. The van der Waals surface area contributed by atoms with Crippen LogP contribution in [0.1, 0.15) is 36.6 Å². The smallest absolute Gasteiger partial charge is 0.261 e. The van der Waals surface area contributed by atoms with E-state index in [4.69, 9.17) is 4.74 Å². The van der Waals surface area contributed by atoms with Crippen LogP contribution in [0.4, 0.5) is 0 Å². The van der Waals surface area contributed by atoms with Crippen LogP contribution in [0, 0.1) is 13.8 Å². The van der Waals surface area contributed by atoms with Crippen molar-refractivity contribution in [2.45, 2.75) is 39.8 Å². The summed E-state index contributed by atoms with van der Waals surface area (Å²) in [6.07, 6.45) is -0.532. The Labute approximate surface area is 132 Å². The van der Waals surface area contributed by atoms with Crippen molar-refractivity contribution in [1.82, 2.24) is 5.32 Å². The standard InChI is InChI=1S/C19H23NO2/c1-13-10-11-14(2)18(12-13)15(3)20-19(21)16(4)22-17-8-6-5-7-9-17/h5-12,15-16H,1-4H3,(H,20,21)/t15-,16-/m1/s1. The molecule has 2 atom stereocenters. The lowest BCUT2D eigenvalue weighted by Gasteiger charge is -2.20. The van der Waals surface area contributed by atoms with Gasteiger partial charge in [-0.25, -0.2) is 0 Å². The van der Waals surface area contributed by atoms with Gasteiger partial charge in [-0.05, 0) is 51.0 Å². The van der Waals surface area contributed by atoms with Crippen molar-refractivity contribution in [1.29, 1.82) is 0 Å². The highest BCUT2D eigenvalue weighted by molar-refractivity contribution is 5.81. The first-order chi connectivity index (χ1) is 10.5. The van der Waals surface area contributed by atoms with Crippen molar-refractivity contribution in [3.8, 4) is 5.75 Å². The zero-order chi connectivity index (χ0) is 16.1. The topological polar surface area (TPSA) is 38.3 Å². The molecule has 0 aliphatic heterocycles. The van der Waals surface area contributed by atoms with Gasteiger partial charge in [0, 0.05) is 0 Å². The second kappa shape index (κ2) is 7.12. The van der Waals surface area contributed by atoms with E-state index in [9.17, 15) is 4.79 Å². The van der Waals surface area contributed by atoms with E-state index in [0.717, 1.165) is 5.56 Å². The van der Waals surface area contributed by atoms with Crippen molar-refractivity contribution < 1.29 is 9.53 Å². The third kappa shape index (κ3) is 4.10. The van der Waals surface area contributed by atoms with Gasteiger partial charge in [0.1, 0.15) is 5.75 Å². The van der Waals surface area contributed by atoms with Crippen LogP contribution >= 0.6 is 0 Å². The summed E-state index contributed by atoms with van der Waals surface area (Å²) in [6.45, 7) is 7.87. The van der Waals surface area contributed by atoms with Gasteiger partial charge in [-0.2, -0.15) is 0 Å². The van der Waals surface area contributed by atoms with Crippen molar-refractivity contribution in [2.24, 2.45) is 0 Å². The van der Waals surface area contributed by atoms with Crippen molar-refractivity contribution in [3.05, 3.63) is 65.2 Å². The number of carbonyl (C=O) groups is 1. The molecule has 1 amide bonds. The molecule has 0 aliphatic carbocycles. The summed E-state index contributed by atoms with van der Waals surface area (Å²) >= 11 is 0. The Bertz CT molecular complexity index is 637. The van der Waals surface area contributed by atoms with Crippen LogP contribution in [0.2, 0.25) is 0 Å². The second-order valence-corrected chi connectivity index (χ2v) is 5.66. The van der Waals surface area contributed by atoms with Crippen LogP contribution in [-0.2, 0) is 4.79 Å². The number of nitrogens with one attached hydrogen (secondary N) is 1. The van der Waals surface area contributed by atoms with Crippen LogP contribution < -0.4 is 10.1 Å². The Kier molecular flexibility index (Phi) is 5.21. The lowest BCUT2D eigenvalue weighted by molar-refractivity contribution is -0.127. The number of benzene rings is 2. The molecule has 2 rings (SSSR count). The van der Waals surface area contributed by atoms with Crippen molar-refractivity contribution >= 4 is 5.91 Å². The highest BCUT2D eigenvalue weighted by Gasteiger charge is 2.18. The molecule has 2 aromatic carbocycles. The molecular weight excluding hydrogens is 274 g/mol. The van der Waals surface area contributed by atoms with E-state index in [-0.39, 0.29) is 11.9 Å². The fraction of sp³-hybridized carbons (Fsp3) is 0.316. The summed E-state index contributed by atoms with van der Waals surface area (Å²) < 4.78 is 5.65. The molecule has 0 saturated heterocycles. The van der Waals surface area contributed by atoms with E-state index in [0.29, 0.717) is 5.75 Å². The number of carbonyl (C=O) groups excluding carboxylic acids is 1. The van der Waals surface area contributed by atoms with Crippen LogP contribution in [-0.4, -0.2) is 12.0 Å². The normalized spacial score (nSPS) is 13.3. The summed E-state index contributed by atoms with van der Waals surface area (Å²) in [5, 5.41) is 3.02. The average molecular weight is 297 g/mol. The predicted molar refractivity (Wildman–Crippen MR) is 89.0 cm³/mol. The van der Waals surface area contributed by atoms with Gasteiger partial charge in [0.25, 0.3) is 5.91 Å². The highest BCUT2D eigenvalue weighted by Crippen LogP contribution is 2.19. The molecule has 0 spiro atoms. The van der Waals surface area contributed by atoms with Gasteiger partial charge >= 0.3 is 0 Å². The van der Waals surface area contributed by atoms with Gasteiger partial charge in [0.15, 0.2) is 6.10 Å². The Balaban J connectivity index is 2.00. The maximum atomic E-state index is 12.3. The largest absolute Gasteiger partial charge is 0.481 e. The number of rotatable bonds is 5. The Hall–Kier alpha value is -2.29. The first kappa shape index (κ1) is 16.1. The second-order valence-electron chi connectivity index (χ2n) is 5.66. The zero-order valence-electron chi connectivity index (χ0n) is 13.6. The molecule has 116 valence electrons. The van der Waals surface area contributed by atoms with Gasteiger partial charge in [-0.1, -0.05) is 42.0 Å². The summed E-state index contributed by atoms with van der Waals surface area (Å²) in [5.41, 5.74) is 3.51. The molecule has 0 bridgehead atoms. The molecular formula is C19H23NO2. The summed E-state index contributed by atoms with van der Waals surface area (Å²) in [4.78, 5) is 12.3. The van der Waals surface area contributed by atoms with Gasteiger partial charge in [-0.15, -0.1) is 0 Å². The van der Waals surface area contributed by atoms with Crippen LogP contribution in [0.15, 0.2) is 48.5 Å². The van der Waals surface area contributed by atoms with E-state index in [1.165, 1.54) is 11.1 Å². The zero-order valence-corrected chi connectivity index (χ0v) is 13.6. The molecule has 0 aliphatic rings. The lowest BCUT2D eigenvalue weighted by atomic mass is 10.00. The first-order valence-electron chi connectivity index (χ1n) is 7.56. The Morgan fingerprint density at radius 2 is 1.73 bits per heavy atom. The summed E-state index contributed by atoms with van der Waals surface area (Å²) in [7, 11) is 0. The van der Waals surface area contributed by atoms with E-state index in [2.05, 4.69) is 37.4 Å². The van der Waals surface area contributed by atoms with Gasteiger partial charge < -0.3 is 10.1 Å². The monoisotopic (exact) mass is 297 g/mol. The van der Waals surface area contributed by atoms with Crippen molar-refractivity contribution in [2.75, 3.05) is 0 Å². The number of ether oxygens (including phenoxy) is 1. The van der Waals surface area contributed by atoms with Crippen LogP contribution in [0.3, 0.4) is 0 Å². The van der Waals surface area contributed by atoms with Gasteiger partial charge in [-0.3, -0.25) is 4.79 Å². The molecule has 3 heteroatoms. The first-order valence-corrected chi connectivity index (χ1v) is 7.56. The molecule has 22 heavy (non-hydrogen) atoms. The minimum atomic E-state index is -0.532. The molecule has 0 radical (unpaired) electrons. The Morgan fingerprint density at radius 1 is 1.05 bits per heavy atom. The minimum Gasteiger partial charge on any atom is -0.481 e. The molecule has 0 unspecified atom stereocenters. The number of hydrogen-bond donors (Lipinski definition) is 1. The van der Waals surface area contributed by atoms with E-state index >= 15 is 0 Å². The quantitative estimate of drug-likeness (QED) is 0.907. The van der Waals surface area contributed by atoms with Crippen LogP contribution in [0.25, 0.3) is 0 Å². The highest BCUT2D eigenvalue weighted by atomic mass is 16.5. The van der Waals surface area contributed by atoms with Crippen LogP contribution in [0.5, 0.6) is 5.75 Å². The number of para-hydroxylation sites is 1. The summed E-state index contributed by atoms with van der Waals surface area (Å²) in [5.74, 6) is 0.585. The summed E-state index contributed by atoms with van der Waals surface area (Å²) in [6, 6.07) is 15.6. The fourth-order valence-electron chi connectivity index (χ4n) is 2.39. The number of hydrogen-bond acceptors (Lipinski definition) is 2. The maximum absolute atomic E-state index is 12.3. The SMILES string of the molecule is Cc1ccc(C)c([C@@H](C)NC(=O)[C@@H](C)Oc2ccccc2)c1. The third-order valence-electron chi connectivity index (χ3n) is 3.69. The average Bonchev–Trinajstić information content (AvgIpc) is 2.50. The number of amides is 1. The number of aryl methyl sites for hydroxylation is 2. The maximum Gasteiger partial charge on any atom is 0.261 e. The molecule has 0 fully saturated rings. The molecule has 0 heterocycles. The molecule has 1 N–H and O–H groups in total. The predicted octanol–water partition coefficient (Wildman–Crippen LogP) is 3.95. The minimum absolute atomic E-state index is 0.0470. The van der Waals surface area contributed by atoms with E-state index in [1.54, 1.807) is 6.92 Å². The van der Waals surface area contributed by atoms with E-state index in [1.807, 2.05) is 37.3 Å². The molecule has 0 saturated carbocycles. The fourth-order valence-corrected chi connectivity index (χ4v) is 2.39. The van der Waals surface area contributed by atoms with Gasteiger partial charge in [0.2, 0.25) is 0 Å².